The summed E-state index contributed by atoms with van der Waals surface area (Å²) in [5.41, 5.74) is 10.1. The Labute approximate surface area is 126 Å². The molecule has 0 heterocycles. The van der Waals surface area contributed by atoms with Crippen molar-refractivity contribution in [1.82, 2.24) is 5.32 Å². The van der Waals surface area contributed by atoms with Crippen LogP contribution in [0.25, 0.3) is 0 Å². The van der Waals surface area contributed by atoms with Gasteiger partial charge in [-0.25, -0.2) is 0 Å². The predicted molar refractivity (Wildman–Crippen MR) is 87.1 cm³/mol. The van der Waals surface area contributed by atoms with Crippen molar-refractivity contribution in [3.63, 3.8) is 0 Å². The van der Waals surface area contributed by atoms with E-state index >= 15 is 0 Å². The molecule has 0 aliphatic rings. The number of hydrogen-bond acceptors (Lipinski definition) is 2. The van der Waals surface area contributed by atoms with Gasteiger partial charge < -0.3 is 11.1 Å². The summed E-state index contributed by atoms with van der Waals surface area (Å²) in [7, 11) is 0. The van der Waals surface area contributed by atoms with E-state index < -0.39 is 0 Å². The Morgan fingerprint density at radius 2 is 1.76 bits per heavy atom. The number of benzene rings is 2. The molecule has 0 unspecified atom stereocenters. The third-order valence-corrected chi connectivity index (χ3v) is 3.60. The molecule has 3 nitrogen and oxygen atoms in total. The number of carbonyl (C=O) groups excluding carboxylic acids is 1. The van der Waals surface area contributed by atoms with E-state index in [1.54, 1.807) is 0 Å². The van der Waals surface area contributed by atoms with E-state index in [9.17, 15) is 4.79 Å². The second kappa shape index (κ2) is 7.48. The first-order valence-corrected chi connectivity index (χ1v) is 7.31. The highest BCUT2D eigenvalue weighted by molar-refractivity contribution is 5.76. The van der Waals surface area contributed by atoms with Crippen LogP contribution in [0.2, 0.25) is 0 Å². The number of amides is 1. The average molecular weight is 282 g/mol. The quantitative estimate of drug-likeness (QED) is 0.800. The van der Waals surface area contributed by atoms with Gasteiger partial charge in [-0.2, -0.15) is 0 Å². The van der Waals surface area contributed by atoms with Gasteiger partial charge in [-0.3, -0.25) is 4.79 Å². The van der Waals surface area contributed by atoms with Crippen molar-refractivity contribution < 1.29 is 4.79 Å². The monoisotopic (exact) mass is 282 g/mol. The molecule has 3 heteroatoms. The molecule has 0 atom stereocenters. The summed E-state index contributed by atoms with van der Waals surface area (Å²) in [5, 5.41) is 2.98. The van der Waals surface area contributed by atoms with Crippen LogP contribution < -0.4 is 11.1 Å². The second-order valence-electron chi connectivity index (χ2n) is 5.27. The van der Waals surface area contributed by atoms with Crippen molar-refractivity contribution in [3.05, 3.63) is 65.2 Å². The molecule has 0 aliphatic carbocycles. The third-order valence-electron chi connectivity index (χ3n) is 3.60. The molecule has 0 fully saturated rings. The molecule has 0 aliphatic heterocycles. The van der Waals surface area contributed by atoms with Crippen LogP contribution in [0.5, 0.6) is 0 Å². The fourth-order valence-electron chi connectivity index (χ4n) is 2.26. The maximum Gasteiger partial charge on any atom is 0.220 e. The fraction of sp³-hybridized carbons (Fsp3) is 0.278. The van der Waals surface area contributed by atoms with Gasteiger partial charge in [-0.1, -0.05) is 36.4 Å². The Balaban J connectivity index is 1.70. The number of anilines is 1. The maximum absolute atomic E-state index is 11.8. The van der Waals surface area contributed by atoms with E-state index in [0.29, 0.717) is 13.0 Å². The van der Waals surface area contributed by atoms with Gasteiger partial charge >= 0.3 is 0 Å². The molecule has 0 bridgehead atoms. The molecule has 1 amide bonds. The minimum absolute atomic E-state index is 0.0976. The molecule has 0 aromatic heterocycles. The number of nitrogen functional groups attached to an aromatic ring is 1. The molecule has 0 saturated heterocycles. The molecule has 3 N–H and O–H groups in total. The SMILES string of the molecule is Cc1ccccc1CCNC(=O)CCc1ccc(N)cc1. The Hall–Kier alpha value is -2.29. The first-order valence-electron chi connectivity index (χ1n) is 7.31. The van der Waals surface area contributed by atoms with Crippen LogP contribution >= 0.6 is 0 Å². The molecule has 2 aromatic rings. The van der Waals surface area contributed by atoms with E-state index in [1.165, 1.54) is 11.1 Å². The van der Waals surface area contributed by atoms with Crippen molar-refractivity contribution in [2.45, 2.75) is 26.2 Å². The van der Waals surface area contributed by atoms with Crippen molar-refractivity contribution in [2.75, 3.05) is 12.3 Å². The topological polar surface area (TPSA) is 55.1 Å². The molecule has 110 valence electrons. The zero-order valence-corrected chi connectivity index (χ0v) is 12.4. The van der Waals surface area contributed by atoms with E-state index in [0.717, 1.165) is 24.1 Å². The highest BCUT2D eigenvalue weighted by Gasteiger charge is 2.03. The standard InChI is InChI=1S/C18H22N2O/c1-14-4-2-3-5-16(14)12-13-20-18(21)11-8-15-6-9-17(19)10-7-15/h2-7,9-10H,8,11-13,19H2,1H3,(H,20,21). The highest BCUT2D eigenvalue weighted by atomic mass is 16.1. The summed E-state index contributed by atoms with van der Waals surface area (Å²) in [6.07, 6.45) is 2.13. The molecule has 0 spiro atoms. The Bertz CT molecular complexity index is 590. The maximum atomic E-state index is 11.8. The molecule has 2 aromatic carbocycles. The van der Waals surface area contributed by atoms with E-state index in [1.807, 2.05) is 36.4 Å². The smallest absolute Gasteiger partial charge is 0.220 e. The van der Waals surface area contributed by atoms with Gasteiger partial charge in [0.05, 0.1) is 0 Å². The van der Waals surface area contributed by atoms with Gasteiger partial charge in [0.1, 0.15) is 0 Å². The zero-order chi connectivity index (χ0) is 15.1. The lowest BCUT2D eigenvalue weighted by molar-refractivity contribution is -0.121. The summed E-state index contributed by atoms with van der Waals surface area (Å²) >= 11 is 0. The summed E-state index contributed by atoms with van der Waals surface area (Å²) < 4.78 is 0. The van der Waals surface area contributed by atoms with Gasteiger partial charge in [0.2, 0.25) is 5.91 Å². The van der Waals surface area contributed by atoms with Crippen LogP contribution in [0, 0.1) is 6.92 Å². The molecule has 2 rings (SSSR count). The summed E-state index contributed by atoms with van der Waals surface area (Å²) in [4.78, 5) is 11.8. The first kappa shape index (κ1) is 15.1. The number of nitrogens with two attached hydrogens (primary N) is 1. The van der Waals surface area contributed by atoms with Gasteiger partial charge in [-0.15, -0.1) is 0 Å². The Morgan fingerprint density at radius 1 is 1.05 bits per heavy atom. The van der Waals surface area contributed by atoms with Crippen LogP contribution in [-0.2, 0) is 17.6 Å². The Kier molecular flexibility index (Phi) is 5.38. The summed E-state index contributed by atoms with van der Waals surface area (Å²) in [6, 6.07) is 15.9. The van der Waals surface area contributed by atoms with Crippen LogP contribution in [0.4, 0.5) is 5.69 Å². The zero-order valence-electron chi connectivity index (χ0n) is 12.4. The minimum atomic E-state index is 0.0976. The lowest BCUT2D eigenvalue weighted by Gasteiger charge is -2.07. The lowest BCUT2D eigenvalue weighted by atomic mass is 10.1. The van der Waals surface area contributed by atoms with E-state index in [-0.39, 0.29) is 5.91 Å². The fourth-order valence-corrected chi connectivity index (χ4v) is 2.26. The van der Waals surface area contributed by atoms with Crippen molar-refractivity contribution in [3.8, 4) is 0 Å². The van der Waals surface area contributed by atoms with Crippen molar-refractivity contribution >= 4 is 11.6 Å². The van der Waals surface area contributed by atoms with E-state index in [2.05, 4.69) is 24.4 Å². The highest BCUT2D eigenvalue weighted by Crippen LogP contribution is 2.08. The summed E-state index contributed by atoms with van der Waals surface area (Å²) in [6.45, 7) is 2.78. The Morgan fingerprint density at radius 3 is 2.48 bits per heavy atom. The molecule has 0 saturated carbocycles. The van der Waals surface area contributed by atoms with Crippen LogP contribution in [0.15, 0.2) is 48.5 Å². The molecule has 21 heavy (non-hydrogen) atoms. The largest absolute Gasteiger partial charge is 0.399 e. The number of rotatable bonds is 6. The number of nitrogens with one attached hydrogen (secondary N) is 1. The number of carbonyl (C=O) groups is 1. The second-order valence-corrected chi connectivity index (χ2v) is 5.27. The van der Waals surface area contributed by atoms with Gasteiger partial charge in [0, 0.05) is 18.7 Å². The van der Waals surface area contributed by atoms with Gasteiger partial charge in [0.25, 0.3) is 0 Å². The predicted octanol–water partition coefficient (Wildman–Crippen LogP) is 2.87. The molecular weight excluding hydrogens is 260 g/mol. The van der Waals surface area contributed by atoms with Gasteiger partial charge in [0.15, 0.2) is 0 Å². The number of aryl methyl sites for hydroxylation is 2. The lowest BCUT2D eigenvalue weighted by Crippen LogP contribution is -2.26. The molecular formula is C18H22N2O. The van der Waals surface area contributed by atoms with Gasteiger partial charge in [-0.05, 0) is 48.6 Å². The third kappa shape index (κ3) is 4.95. The molecule has 0 radical (unpaired) electrons. The normalized spacial score (nSPS) is 10.3. The number of hydrogen-bond donors (Lipinski definition) is 2. The van der Waals surface area contributed by atoms with Crippen LogP contribution in [0.1, 0.15) is 23.1 Å². The first-order chi connectivity index (χ1) is 10.1. The summed E-state index contributed by atoms with van der Waals surface area (Å²) in [5.74, 6) is 0.0976. The van der Waals surface area contributed by atoms with Crippen molar-refractivity contribution in [2.24, 2.45) is 0 Å². The van der Waals surface area contributed by atoms with E-state index in [4.69, 9.17) is 5.73 Å². The average Bonchev–Trinajstić information content (AvgIpc) is 2.49. The minimum Gasteiger partial charge on any atom is -0.399 e. The van der Waals surface area contributed by atoms with Crippen molar-refractivity contribution in [1.29, 1.82) is 0 Å². The van der Waals surface area contributed by atoms with Crippen LogP contribution in [-0.4, -0.2) is 12.5 Å². The van der Waals surface area contributed by atoms with Crippen LogP contribution in [0.3, 0.4) is 0 Å².